The van der Waals surface area contributed by atoms with Gasteiger partial charge in [0.25, 0.3) is 0 Å². The first-order valence-electron chi connectivity index (χ1n) is 4.74. The minimum atomic E-state index is -1.12. The van der Waals surface area contributed by atoms with Gasteiger partial charge in [-0.25, -0.2) is 0 Å². The second-order valence-corrected chi connectivity index (χ2v) is 3.06. The number of allylic oxidation sites excluding steroid dienone is 2. The van der Waals surface area contributed by atoms with Crippen molar-refractivity contribution in [3.63, 3.8) is 0 Å². The Morgan fingerprint density at radius 1 is 1.36 bits per heavy atom. The molecule has 0 aliphatic heterocycles. The minimum absolute atomic E-state index is 0. The normalized spacial score (nSPS) is 10.8. The van der Waals surface area contributed by atoms with E-state index in [1.54, 1.807) is 6.08 Å². The number of carboxylic acids is 1. The van der Waals surface area contributed by atoms with Crippen LogP contribution in [0.4, 0.5) is 0 Å². The molecule has 0 aromatic heterocycles. The average molecular weight is 208 g/mol. The van der Waals surface area contributed by atoms with Crippen LogP contribution in [0.1, 0.15) is 45.4 Å². The van der Waals surface area contributed by atoms with Crippen LogP contribution < -0.4 is 34.7 Å². The zero-order valence-corrected chi connectivity index (χ0v) is 11.1. The van der Waals surface area contributed by atoms with Gasteiger partial charge in [-0.1, -0.05) is 19.8 Å². The first kappa shape index (κ1) is 16.4. The molecule has 3 nitrogen and oxygen atoms in total. The van der Waals surface area contributed by atoms with Gasteiger partial charge in [-0.15, -0.1) is 0 Å². The molecule has 0 amide bonds. The summed E-state index contributed by atoms with van der Waals surface area (Å²) in [5.74, 6) is -0.950. The first-order chi connectivity index (χ1) is 6.16. The number of aliphatic carboxylic acids is 1. The van der Waals surface area contributed by atoms with Crippen LogP contribution in [0.5, 0.6) is 0 Å². The van der Waals surface area contributed by atoms with Gasteiger partial charge in [-0.2, -0.15) is 0 Å². The first-order valence-corrected chi connectivity index (χ1v) is 4.74. The Labute approximate surface area is 107 Å². The van der Waals surface area contributed by atoms with Gasteiger partial charge in [0.05, 0.1) is 5.76 Å². The summed E-state index contributed by atoms with van der Waals surface area (Å²) < 4.78 is 0. The SMILES string of the molecule is CCCCCC=C(O)CCC(=O)[O-].[Na+]. The molecule has 0 aliphatic rings. The molecule has 76 valence electrons. The average Bonchev–Trinajstić information content (AvgIpc) is 2.09. The summed E-state index contributed by atoms with van der Waals surface area (Å²) in [4.78, 5) is 10.0. The predicted octanol–water partition coefficient (Wildman–Crippen LogP) is -1.46. The van der Waals surface area contributed by atoms with E-state index in [1.807, 2.05) is 0 Å². The fraction of sp³-hybridized carbons (Fsp3) is 0.700. The molecule has 1 N–H and O–H groups in total. The van der Waals surface area contributed by atoms with Crippen molar-refractivity contribution in [3.8, 4) is 0 Å². The molecule has 0 saturated carbocycles. The second kappa shape index (κ2) is 11.1. The topological polar surface area (TPSA) is 60.4 Å². The number of aliphatic hydroxyl groups is 1. The third-order valence-corrected chi connectivity index (χ3v) is 1.77. The number of rotatable bonds is 7. The van der Waals surface area contributed by atoms with Gasteiger partial charge in [0, 0.05) is 12.4 Å². The maximum atomic E-state index is 10.0. The molecule has 0 aliphatic carbocycles. The van der Waals surface area contributed by atoms with E-state index < -0.39 is 5.97 Å². The van der Waals surface area contributed by atoms with Gasteiger partial charge in [0.15, 0.2) is 0 Å². The van der Waals surface area contributed by atoms with Crippen LogP contribution in [0.2, 0.25) is 0 Å². The summed E-state index contributed by atoms with van der Waals surface area (Å²) >= 11 is 0. The Hall–Kier alpha value is 0.0100. The minimum Gasteiger partial charge on any atom is -0.550 e. The van der Waals surface area contributed by atoms with E-state index in [0.29, 0.717) is 0 Å². The van der Waals surface area contributed by atoms with E-state index in [1.165, 1.54) is 0 Å². The fourth-order valence-electron chi connectivity index (χ4n) is 0.995. The smallest absolute Gasteiger partial charge is 0.550 e. The molecule has 0 aromatic carbocycles. The zero-order valence-electron chi connectivity index (χ0n) is 9.08. The van der Waals surface area contributed by atoms with Crippen molar-refractivity contribution in [3.05, 3.63) is 11.8 Å². The molecular weight excluding hydrogens is 191 g/mol. The molecule has 0 spiro atoms. The molecule has 0 rings (SSSR count). The number of aliphatic hydroxyl groups excluding tert-OH is 1. The van der Waals surface area contributed by atoms with Gasteiger partial charge in [-0.05, 0) is 25.3 Å². The van der Waals surface area contributed by atoms with Crippen molar-refractivity contribution in [1.29, 1.82) is 0 Å². The van der Waals surface area contributed by atoms with Crippen molar-refractivity contribution < 1.29 is 44.6 Å². The molecule has 0 fully saturated rings. The van der Waals surface area contributed by atoms with Gasteiger partial charge in [0.1, 0.15) is 0 Å². The molecule has 0 bridgehead atoms. The van der Waals surface area contributed by atoms with Crippen LogP contribution >= 0.6 is 0 Å². The second-order valence-electron chi connectivity index (χ2n) is 3.06. The monoisotopic (exact) mass is 208 g/mol. The Balaban J connectivity index is 0. The van der Waals surface area contributed by atoms with E-state index in [4.69, 9.17) is 5.11 Å². The molecule has 14 heavy (non-hydrogen) atoms. The van der Waals surface area contributed by atoms with Crippen molar-refractivity contribution in [2.24, 2.45) is 0 Å². The Bertz CT molecular complexity index is 178. The predicted molar refractivity (Wildman–Crippen MR) is 49.1 cm³/mol. The molecule has 0 saturated heterocycles. The molecular formula is C10H17NaO3. The largest absolute Gasteiger partial charge is 1.00 e. The van der Waals surface area contributed by atoms with Crippen LogP contribution in [0.3, 0.4) is 0 Å². The number of hydrogen-bond donors (Lipinski definition) is 1. The quantitative estimate of drug-likeness (QED) is 0.316. The van der Waals surface area contributed by atoms with Crippen LogP contribution in [0, 0.1) is 0 Å². The van der Waals surface area contributed by atoms with E-state index >= 15 is 0 Å². The van der Waals surface area contributed by atoms with Gasteiger partial charge in [-0.3, -0.25) is 0 Å². The number of carbonyl (C=O) groups excluding carboxylic acids is 1. The number of carboxylic acid groups (broad SMARTS) is 1. The molecule has 0 heterocycles. The van der Waals surface area contributed by atoms with E-state index in [-0.39, 0.29) is 48.2 Å². The zero-order chi connectivity index (χ0) is 10.1. The standard InChI is InChI=1S/C10H18O3.Na/c1-2-3-4-5-6-9(11)7-8-10(12)13;/h6,11H,2-5,7-8H2,1H3,(H,12,13);/q;+1/p-1. The number of unbranched alkanes of at least 4 members (excludes halogenated alkanes) is 3. The summed E-state index contributed by atoms with van der Waals surface area (Å²) in [6.07, 6.45) is 5.94. The van der Waals surface area contributed by atoms with Gasteiger partial charge >= 0.3 is 29.6 Å². The van der Waals surface area contributed by atoms with Crippen LogP contribution in [-0.4, -0.2) is 11.1 Å². The van der Waals surface area contributed by atoms with E-state index in [9.17, 15) is 9.90 Å². The molecule has 0 atom stereocenters. The third kappa shape index (κ3) is 12.0. The summed E-state index contributed by atoms with van der Waals surface area (Å²) in [5.41, 5.74) is 0. The summed E-state index contributed by atoms with van der Waals surface area (Å²) in [6, 6.07) is 0. The van der Waals surface area contributed by atoms with Crippen LogP contribution in [0.15, 0.2) is 11.8 Å². The number of hydrogen-bond acceptors (Lipinski definition) is 3. The van der Waals surface area contributed by atoms with E-state index in [0.717, 1.165) is 25.7 Å². The Kier molecular flexibility index (Phi) is 13.0. The molecule has 4 heteroatoms. The third-order valence-electron chi connectivity index (χ3n) is 1.77. The van der Waals surface area contributed by atoms with Crippen molar-refractivity contribution >= 4 is 5.97 Å². The molecule has 0 aromatic rings. The molecule has 0 radical (unpaired) electrons. The summed E-state index contributed by atoms with van der Waals surface area (Å²) in [5, 5.41) is 19.2. The van der Waals surface area contributed by atoms with Crippen molar-refractivity contribution in [2.75, 3.05) is 0 Å². The molecule has 0 unspecified atom stereocenters. The number of carbonyl (C=O) groups is 1. The van der Waals surface area contributed by atoms with Crippen molar-refractivity contribution in [1.82, 2.24) is 0 Å². The fourth-order valence-corrected chi connectivity index (χ4v) is 0.995. The van der Waals surface area contributed by atoms with Crippen LogP contribution in [0.25, 0.3) is 0 Å². The van der Waals surface area contributed by atoms with Gasteiger partial charge < -0.3 is 15.0 Å². The maximum absolute atomic E-state index is 10.0. The van der Waals surface area contributed by atoms with E-state index in [2.05, 4.69) is 6.92 Å². The summed E-state index contributed by atoms with van der Waals surface area (Å²) in [7, 11) is 0. The summed E-state index contributed by atoms with van der Waals surface area (Å²) in [6.45, 7) is 2.11. The van der Waals surface area contributed by atoms with Gasteiger partial charge in [0.2, 0.25) is 0 Å². The van der Waals surface area contributed by atoms with Crippen molar-refractivity contribution in [2.45, 2.75) is 45.4 Å². The maximum Gasteiger partial charge on any atom is 1.00 e. The Morgan fingerprint density at radius 2 is 2.00 bits per heavy atom. The Morgan fingerprint density at radius 3 is 2.50 bits per heavy atom. The van der Waals surface area contributed by atoms with Crippen LogP contribution in [-0.2, 0) is 4.79 Å².